The molecule has 0 spiro atoms. The predicted octanol–water partition coefficient (Wildman–Crippen LogP) is -0.767. The molecule has 84 valence electrons. The second-order valence-corrected chi connectivity index (χ2v) is 3.06. The summed E-state index contributed by atoms with van der Waals surface area (Å²) >= 11 is 0. The van der Waals surface area contributed by atoms with E-state index in [4.69, 9.17) is 10.0 Å². The molecule has 0 radical (unpaired) electrons. The van der Waals surface area contributed by atoms with Crippen LogP contribution in [0.15, 0.2) is 18.2 Å². The molecule has 7 nitrogen and oxygen atoms in total. The van der Waals surface area contributed by atoms with Gasteiger partial charge in [-0.1, -0.05) is 12.1 Å². The molecule has 0 aliphatic rings. The fourth-order valence-corrected chi connectivity index (χ4v) is 1.26. The van der Waals surface area contributed by atoms with E-state index in [2.05, 4.69) is 5.32 Å². The SMILES string of the molecule is CC(=O)Nc1cccc(B(O)O)c1[N+](=O)[O-]. The zero-order valence-electron chi connectivity index (χ0n) is 8.38. The lowest BCUT2D eigenvalue weighted by Crippen LogP contribution is -2.32. The molecule has 0 heterocycles. The number of hydrogen-bond donors (Lipinski definition) is 3. The third-order valence-corrected chi connectivity index (χ3v) is 1.84. The van der Waals surface area contributed by atoms with E-state index in [0.717, 1.165) is 0 Å². The third-order valence-electron chi connectivity index (χ3n) is 1.84. The molecule has 1 aromatic carbocycles. The highest BCUT2D eigenvalue weighted by molar-refractivity contribution is 6.60. The van der Waals surface area contributed by atoms with Gasteiger partial charge < -0.3 is 15.4 Å². The van der Waals surface area contributed by atoms with Gasteiger partial charge in [0.05, 0.1) is 10.4 Å². The molecule has 8 heteroatoms. The first-order chi connectivity index (χ1) is 7.43. The number of carbonyl (C=O) groups is 1. The molecular weight excluding hydrogens is 215 g/mol. The first kappa shape index (κ1) is 12.1. The van der Waals surface area contributed by atoms with Crippen LogP contribution in [0.25, 0.3) is 0 Å². The maximum atomic E-state index is 10.8. The molecule has 1 amide bonds. The molecule has 0 unspecified atom stereocenters. The Morgan fingerprint density at radius 2 is 2.12 bits per heavy atom. The molecule has 0 aliphatic heterocycles. The molecule has 1 aromatic rings. The first-order valence-electron chi connectivity index (χ1n) is 4.34. The van der Waals surface area contributed by atoms with Gasteiger partial charge in [0.15, 0.2) is 0 Å². The van der Waals surface area contributed by atoms with Crippen LogP contribution in [0.2, 0.25) is 0 Å². The van der Waals surface area contributed by atoms with Gasteiger partial charge in [0.1, 0.15) is 5.69 Å². The zero-order valence-corrected chi connectivity index (χ0v) is 8.38. The molecule has 0 saturated carbocycles. The zero-order chi connectivity index (χ0) is 12.3. The van der Waals surface area contributed by atoms with Crippen molar-refractivity contribution in [2.45, 2.75) is 6.92 Å². The summed E-state index contributed by atoms with van der Waals surface area (Å²) in [7, 11) is -1.96. The van der Waals surface area contributed by atoms with E-state index < -0.39 is 23.6 Å². The second-order valence-electron chi connectivity index (χ2n) is 3.06. The Labute approximate surface area is 91.0 Å². The van der Waals surface area contributed by atoms with Gasteiger partial charge in [-0.05, 0) is 6.07 Å². The molecule has 1 rings (SSSR count). The van der Waals surface area contributed by atoms with Crippen LogP contribution in [0.5, 0.6) is 0 Å². The number of hydrogen-bond acceptors (Lipinski definition) is 5. The fourth-order valence-electron chi connectivity index (χ4n) is 1.26. The number of rotatable bonds is 3. The molecular formula is C8H9BN2O5. The van der Waals surface area contributed by atoms with E-state index in [0.29, 0.717) is 0 Å². The fraction of sp³-hybridized carbons (Fsp3) is 0.125. The minimum atomic E-state index is -1.96. The van der Waals surface area contributed by atoms with E-state index in [1.807, 2.05) is 0 Å². The normalized spacial score (nSPS) is 9.69. The first-order valence-corrected chi connectivity index (χ1v) is 4.34. The predicted molar refractivity (Wildman–Crippen MR) is 57.2 cm³/mol. The summed E-state index contributed by atoms with van der Waals surface area (Å²) in [5.74, 6) is -0.479. The van der Waals surface area contributed by atoms with Gasteiger partial charge >= 0.3 is 7.12 Å². The van der Waals surface area contributed by atoms with Crippen LogP contribution in [-0.2, 0) is 4.79 Å². The summed E-state index contributed by atoms with van der Waals surface area (Å²) in [5, 5.41) is 30.9. The number of benzene rings is 1. The van der Waals surface area contributed by atoms with Crippen molar-refractivity contribution in [2.75, 3.05) is 5.32 Å². The van der Waals surface area contributed by atoms with Crippen LogP contribution in [0.3, 0.4) is 0 Å². The van der Waals surface area contributed by atoms with E-state index in [9.17, 15) is 14.9 Å². The van der Waals surface area contributed by atoms with Crippen LogP contribution >= 0.6 is 0 Å². The molecule has 0 fully saturated rings. The summed E-state index contributed by atoms with van der Waals surface area (Å²) < 4.78 is 0. The van der Waals surface area contributed by atoms with Crippen molar-refractivity contribution in [1.29, 1.82) is 0 Å². The third kappa shape index (κ3) is 2.56. The number of amides is 1. The van der Waals surface area contributed by atoms with Crippen molar-refractivity contribution in [3.63, 3.8) is 0 Å². The van der Waals surface area contributed by atoms with Crippen molar-refractivity contribution >= 4 is 29.9 Å². The van der Waals surface area contributed by atoms with Crippen molar-refractivity contribution in [2.24, 2.45) is 0 Å². The van der Waals surface area contributed by atoms with Gasteiger partial charge in [0.2, 0.25) is 5.91 Å². The number of anilines is 1. The van der Waals surface area contributed by atoms with Gasteiger partial charge in [0, 0.05) is 6.92 Å². The van der Waals surface area contributed by atoms with Gasteiger partial charge in [-0.2, -0.15) is 0 Å². The summed E-state index contributed by atoms with van der Waals surface area (Å²) in [6, 6.07) is 3.90. The molecule has 3 N–H and O–H groups in total. The quantitative estimate of drug-likeness (QED) is 0.354. The maximum Gasteiger partial charge on any atom is 0.495 e. The van der Waals surface area contributed by atoms with Gasteiger partial charge in [-0.3, -0.25) is 14.9 Å². The Hall–Kier alpha value is -1.93. The highest BCUT2D eigenvalue weighted by atomic mass is 16.6. The number of carbonyl (C=O) groups excluding carboxylic acids is 1. The Bertz CT molecular complexity index is 434. The van der Waals surface area contributed by atoms with Crippen molar-refractivity contribution in [1.82, 2.24) is 0 Å². The molecule has 0 aliphatic carbocycles. The molecule has 16 heavy (non-hydrogen) atoms. The average Bonchev–Trinajstić information content (AvgIpc) is 2.15. The molecule has 0 saturated heterocycles. The van der Waals surface area contributed by atoms with Crippen LogP contribution in [0.4, 0.5) is 11.4 Å². The summed E-state index contributed by atoms with van der Waals surface area (Å²) in [6.07, 6.45) is 0. The number of nitrogens with one attached hydrogen (secondary N) is 1. The Kier molecular flexibility index (Phi) is 3.59. The summed E-state index contributed by atoms with van der Waals surface area (Å²) in [5.41, 5.74) is -0.855. The van der Waals surface area contributed by atoms with Gasteiger partial charge in [0.25, 0.3) is 5.69 Å². The second kappa shape index (κ2) is 4.73. The highest BCUT2D eigenvalue weighted by Gasteiger charge is 2.27. The van der Waals surface area contributed by atoms with Crippen LogP contribution in [0, 0.1) is 10.1 Å². The number of nitro groups is 1. The van der Waals surface area contributed by atoms with Crippen LogP contribution in [0.1, 0.15) is 6.92 Å². The average molecular weight is 224 g/mol. The Morgan fingerprint density at radius 3 is 2.56 bits per heavy atom. The van der Waals surface area contributed by atoms with Gasteiger partial charge in [-0.25, -0.2) is 0 Å². The number of nitro benzene ring substituents is 1. The smallest absolute Gasteiger partial charge is 0.423 e. The van der Waals surface area contributed by atoms with E-state index in [-0.39, 0.29) is 11.2 Å². The lowest BCUT2D eigenvalue weighted by atomic mass is 9.78. The number of nitrogens with zero attached hydrogens (tertiary/aromatic N) is 1. The monoisotopic (exact) mass is 224 g/mol. The molecule has 0 aromatic heterocycles. The highest BCUT2D eigenvalue weighted by Crippen LogP contribution is 2.21. The number of para-hydroxylation sites is 1. The maximum absolute atomic E-state index is 10.8. The van der Waals surface area contributed by atoms with Crippen LogP contribution in [-0.4, -0.2) is 28.0 Å². The Balaban J connectivity index is 3.32. The largest absolute Gasteiger partial charge is 0.495 e. The standard InChI is InChI=1S/C8H9BN2O5/c1-5(12)10-7-4-2-3-6(9(13)14)8(7)11(15)16/h2-4,13-14H,1H3,(H,10,12). The Morgan fingerprint density at radius 1 is 1.50 bits per heavy atom. The lowest BCUT2D eigenvalue weighted by molar-refractivity contribution is -0.382. The van der Waals surface area contributed by atoms with Crippen molar-refractivity contribution in [3.05, 3.63) is 28.3 Å². The van der Waals surface area contributed by atoms with Crippen molar-refractivity contribution < 1.29 is 19.8 Å². The van der Waals surface area contributed by atoms with E-state index in [1.165, 1.54) is 25.1 Å². The van der Waals surface area contributed by atoms with Gasteiger partial charge in [-0.15, -0.1) is 0 Å². The topological polar surface area (TPSA) is 113 Å². The molecule has 0 atom stereocenters. The van der Waals surface area contributed by atoms with Crippen LogP contribution < -0.4 is 10.8 Å². The summed E-state index contributed by atoms with van der Waals surface area (Å²) in [4.78, 5) is 20.8. The lowest BCUT2D eigenvalue weighted by Gasteiger charge is -2.07. The summed E-state index contributed by atoms with van der Waals surface area (Å²) in [6.45, 7) is 1.20. The van der Waals surface area contributed by atoms with Crippen molar-refractivity contribution in [3.8, 4) is 0 Å². The minimum Gasteiger partial charge on any atom is -0.423 e. The minimum absolute atomic E-state index is 0.0666. The van der Waals surface area contributed by atoms with E-state index >= 15 is 0 Å². The van der Waals surface area contributed by atoms with E-state index in [1.54, 1.807) is 0 Å². The molecule has 0 bridgehead atoms.